The van der Waals surface area contributed by atoms with Crippen LogP contribution in [0.4, 0.5) is 0 Å². The Balaban J connectivity index is 1.70. The van der Waals surface area contributed by atoms with Crippen LogP contribution in [0.5, 0.6) is 11.5 Å². The molecule has 1 fully saturated rings. The molecule has 120 valence electrons. The Labute approximate surface area is 130 Å². The second-order valence-electron chi connectivity index (χ2n) is 5.66. The Hall–Kier alpha value is -1.60. The van der Waals surface area contributed by atoms with Crippen molar-refractivity contribution in [1.29, 1.82) is 0 Å². The molecule has 0 amide bonds. The van der Waals surface area contributed by atoms with Gasteiger partial charge in [-0.2, -0.15) is 0 Å². The molecule has 0 aliphatic carbocycles. The summed E-state index contributed by atoms with van der Waals surface area (Å²) in [4.78, 5) is 12.6. The van der Waals surface area contributed by atoms with Crippen LogP contribution in [-0.2, 0) is 10.0 Å². The highest BCUT2D eigenvalue weighted by atomic mass is 32.2. The van der Waals surface area contributed by atoms with Gasteiger partial charge in [-0.25, -0.2) is 12.7 Å². The van der Waals surface area contributed by atoms with E-state index in [1.54, 1.807) is 18.2 Å². The highest BCUT2D eigenvalue weighted by Gasteiger charge is 2.30. The van der Waals surface area contributed by atoms with Crippen LogP contribution in [0.3, 0.4) is 0 Å². The molecule has 0 N–H and O–H groups in total. The van der Waals surface area contributed by atoms with E-state index in [2.05, 4.69) is 0 Å². The van der Waals surface area contributed by atoms with E-state index in [9.17, 15) is 13.2 Å². The first-order valence-electron chi connectivity index (χ1n) is 7.34. The van der Waals surface area contributed by atoms with E-state index in [0.29, 0.717) is 56.2 Å². The number of hydrogen-bond acceptors (Lipinski definition) is 5. The molecule has 1 saturated heterocycles. The zero-order valence-corrected chi connectivity index (χ0v) is 13.3. The van der Waals surface area contributed by atoms with E-state index in [-0.39, 0.29) is 11.7 Å². The SMILES string of the molecule is CS(=O)(=O)N1CCC(C(=O)c2ccc3c(c2)OCCO3)CC1. The number of Topliss-reactive ketones (excluding diaryl/α,β-unsaturated/α-hetero) is 1. The van der Waals surface area contributed by atoms with Crippen molar-refractivity contribution < 1.29 is 22.7 Å². The number of rotatable bonds is 3. The van der Waals surface area contributed by atoms with Gasteiger partial charge in [0, 0.05) is 24.6 Å². The van der Waals surface area contributed by atoms with Crippen molar-refractivity contribution >= 4 is 15.8 Å². The molecule has 2 aliphatic heterocycles. The molecule has 1 aromatic carbocycles. The second kappa shape index (κ2) is 5.89. The summed E-state index contributed by atoms with van der Waals surface area (Å²) < 4.78 is 35.4. The lowest BCUT2D eigenvalue weighted by atomic mass is 9.89. The molecule has 0 bridgehead atoms. The number of sulfonamides is 1. The number of piperidine rings is 1. The normalized spacial score (nSPS) is 19.9. The fraction of sp³-hybridized carbons (Fsp3) is 0.533. The van der Waals surface area contributed by atoms with Gasteiger partial charge in [-0.05, 0) is 31.0 Å². The quantitative estimate of drug-likeness (QED) is 0.784. The van der Waals surface area contributed by atoms with Crippen LogP contribution in [0.15, 0.2) is 18.2 Å². The number of carbonyl (C=O) groups is 1. The molecule has 2 heterocycles. The summed E-state index contributed by atoms with van der Waals surface area (Å²) in [6.45, 7) is 1.81. The lowest BCUT2D eigenvalue weighted by molar-refractivity contribution is 0.0874. The first kappa shape index (κ1) is 15.3. The van der Waals surface area contributed by atoms with Gasteiger partial charge in [0.25, 0.3) is 0 Å². The summed E-state index contributed by atoms with van der Waals surface area (Å²) in [5.74, 6) is 1.17. The predicted octanol–water partition coefficient (Wildman–Crippen LogP) is 1.31. The molecule has 22 heavy (non-hydrogen) atoms. The highest BCUT2D eigenvalue weighted by Crippen LogP contribution is 2.32. The van der Waals surface area contributed by atoms with Crippen molar-refractivity contribution in [3.8, 4) is 11.5 Å². The number of nitrogens with zero attached hydrogens (tertiary/aromatic N) is 1. The van der Waals surface area contributed by atoms with Crippen LogP contribution in [-0.4, -0.2) is 51.1 Å². The third-order valence-corrected chi connectivity index (χ3v) is 5.42. The Kier molecular flexibility index (Phi) is 4.10. The molecule has 0 spiro atoms. The van der Waals surface area contributed by atoms with E-state index in [1.807, 2.05) is 0 Å². The van der Waals surface area contributed by atoms with Crippen molar-refractivity contribution in [1.82, 2.24) is 4.31 Å². The third kappa shape index (κ3) is 3.10. The molecule has 3 rings (SSSR count). The maximum atomic E-state index is 12.6. The summed E-state index contributed by atoms with van der Waals surface area (Å²) in [7, 11) is -3.17. The topological polar surface area (TPSA) is 72.9 Å². The van der Waals surface area contributed by atoms with Gasteiger partial charge in [-0.3, -0.25) is 4.79 Å². The average Bonchev–Trinajstić information content (AvgIpc) is 2.53. The van der Waals surface area contributed by atoms with Gasteiger partial charge >= 0.3 is 0 Å². The van der Waals surface area contributed by atoms with Crippen LogP contribution >= 0.6 is 0 Å². The monoisotopic (exact) mass is 325 g/mol. The van der Waals surface area contributed by atoms with Crippen molar-refractivity contribution in [2.45, 2.75) is 12.8 Å². The van der Waals surface area contributed by atoms with Crippen molar-refractivity contribution in [3.05, 3.63) is 23.8 Å². The van der Waals surface area contributed by atoms with Crippen LogP contribution in [0.2, 0.25) is 0 Å². The van der Waals surface area contributed by atoms with Gasteiger partial charge in [0.1, 0.15) is 13.2 Å². The van der Waals surface area contributed by atoms with Crippen molar-refractivity contribution in [2.75, 3.05) is 32.6 Å². The first-order valence-corrected chi connectivity index (χ1v) is 9.19. The second-order valence-corrected chi connectivity index (χ2v) is 7.64. The molecule has 0 aromatic heterocycles. The van der Waals surface area contributed by atoms with E-state index >= 15 is 0 Å². The minimum Gasteiger partial charge on any atom is -0.486 e. The highest BCUT2D eigenvalue weighted by molar-refractivity contribution is 7.88. The van der Waals surface area contributed by atoms with Crippen LogP contribution in [0.1, 0.15) is 23.2 Å². The molecule has 6 nitrogen and oxygen atoms in total. The zero-order valence-electron chi connectivity index (χ0n) is 12.4. The lowest BCUT2D eigenvalue weighted by Gasteiger charge is -2.29. The van der Waals surface area contributed by atoms with Gasteiger partial charge in [0.15, 0.2) is 17.3 Å². The number of benzene rings is 1. The Morgan fingerprint density at radius 1 is 1.14 bits per heavy atom. The van der Waals surface area contributed by atoms with E-state index in [4.69, 9.17) is 9.47 Å². The summed E-state index contributed by atoms with van der Waals surface area (Å²) in [5.41, 5.74) is 0.599. The summed E-state index contributed by atoms with van der Waals surface area (Å²) in [6.07, 6.45) is 2.32. The van der Waals surface area contributed by atoms with E-state index < -0.39 is 10.0 Å². The van der Waals surface area contributed by atoms with Gasteiger partial charge in [0.05, 0.1) is 6.26 Å². The number of fused-ring (bicyclic) bond motifs is 1. The molecule has 1 aromatic rings. The van der Waals surface area contributed by atoms with Gasteiger partial charge in [-0.15, -0.1) is 0 Å². The molecule has 7 heteroatoms. The van der Waals surface area contributed by atoms with E-state index in [0.717, 1.165) is 0 Å². The number of ether oxygens (including phenoxy) is 2. The Bertz CT molecular complexity index is 677. The zero-order chi connectivity index (χ0) is 15.7. The average molecular weight is 325 g/mol. The fourth-order valence-electron chi connectivity index (χ4n) is 2.88. The predicted molar refractivity (Wildman–Crippen MR) is 80.9 cm³/mol. The molecular weight excluding hydrogens is 306 g/mol. The van der Waals surface area contributed by atoms with Crippen LogP contribution < -0.4 is 9.47 Å². The summed E-state index contributed by atoms with van der Waals surface area (Å²) in [5, 5.41) is 0. The largest absolute Gasteiger partial charge is 0.486 e. The first-order chi connectivity index (χ1) is 10.4. The van der Waals surface area contributed by atoms with Crippen molar-refractivity contribution in [3.63, 3.8) is 0 Å². The van der Waals surface area contributed by atoms with Gasteiger partial charge in [0.2, 0.25) is 10.0 Å². The molecule has 2 aliphatic rings. The standard InChI is InChI=1S/C15H19NO5S/c1-22(18,19)16-6-4-11(5-7-16)15(17)12-2-3-13-14(10-12)21-9-8-20-13/h2-3,10-11H,4-9H2,1H3. The summed E-state index contributed by atoms with van der Waals surface area (Å²) >= 11 is 0. The van der Waals surface area contributed by atoms with Gasteiger partial charge in [-0.1, -0.05) is 0 Å². The smallest absolute Gasteiger partial charge is 0.211 e. The number of hydrogen-bond donors (Lipinski definition) is 0. The third-order valence-electron chi connectivity index (χ3n) is 4.12. The van der Waals surface area contributed by atoms with Gasteiger partial charge < -0.3 is 9.47 Å². The number of carbonyl (C=O) groups excluding carboxylic acids is 1. The van der Waals surface area contributed by atoms with Crippen molar-refractivity contribution in [2.24, 2.45) is 5.92 Å². The maximum absolute atomic E-state index is 12.6. The van der Waals surface area contributed by atoms with Crippen LogP contribution in [0, 0.1) is 5.92 Å². The molecule has 0 saturated carbocycles. The molecule has 0 unspecified atom stereocenters. The lowest BCUT2D eigenvalue weighted by Crippen LogP contribution is -2.39. The number of ketones is 1. The minimum absolute atomic E-state index is 0.0464. The Morgan fingerprint density at radius 2 is 1.77 bits per heavy atom. The molecule has 0 atom stereocenters. The molecular formula is C15H19NO5S. The molecule has 0 radical (unpaired) electrons. The van der Waals surface area contributed by atoms with E-state index in [1.165, 1.54) is 10.6 Å². The summed E-state index contributed by atoms with van der Waals surface area (Å²) in [6, 6.07) is 5.23. The minimum atomic E-state index is -3.17. The Morgan fingerprint density at radius 3 is 2.41 bits per heavy atom. The fourth-order valence-corrected chi connectivity index (χ4v) is 3.76. The van der Waals surface area contributed by atoms with Crippen LogP contribution in [0.25, 0.3) is 0 Å². The maximum Gasteiger partial charge on any atom is 0.211 e.